The van der Waals surface area contributed by atoms with Gasteiger partial charge in [0.1, 0.15) is 0 Å². The first-order valence-corrected chi connectivity index (χ1v) is 6.25. The van der Waals surface area contributed by atoms with Gasteiger partial charge in [-0.1, -0.05) is 6.92 Å². The highest BCUT2D eigenvalue weighted by Crippen LogP contribution is 2.38. The summed E-state index contributed by atoms with van der Waals surface area (Å²) >= 11 is 0. The lowest BCUT2D eigenvalue weighted by Crippen LogP contribution is -2.44. The number of sulfonamides is 1. The molecule has 0 aromatic rings. The average Bonchev–Trinajstić information content (AvgIpc) is 2.37. The third-order valence-corrected chi connectivity index (χ3v) is 5.22. The monoisotopic (exact) mass is 248 g/mol. The van der Waals surface area contributed by atoms with E-state index in [0.717, 1.165) is 11.4 Å². The minimum atomic E-state index is -3.83. The van der Waals surface area contributed by atoms with Gasteiger partial charge in [0.05, 0.1) is 18.3 Å². The Balaban J connectivity index is 3.50. The predicted octanol–water partition coefficient (Wildman–Crippen LogP) is -0.226. The molecule has 0 aromatic heterocycles. The second-order valence-electron chi connectivity index (χ2n) is 3.83. The highest BCUT2D eigenvalue weighted by atomic mass is 32.2. The molecule has 1 aliphatic heterocycles. The number of nitrogens with zero attached hydrogens (tertiary/aromatic N) is 1. The summed E-state index contributed by atoms with van der Waals surface area (Å²) in [6, 6.07) is 0. The molecular formula is C9H16N2O4S. The zero-order chi connectivity index (χ0) is 12.7. The van der Waals surface area contributed by atoms with Gasteiger partial charge >= 0.3 is 5.97 Å². The molecule has 0 fully saturated rings. The SMILES string of the molecule is CCC1(C)C(N)=C(C(=O)OC)S(=O)(=O)N1C. The molecule has 6 nitrogen and oxygen atoms in total. The summed E-state index contributed by atoms with van der Waals surface area (Å²) in [6.45, 7) is 3.48. The number of methoxy groups -OCH3 is 1. The van der Waals surface area contributed by atoms with Crippen LogP contribution in [0.4, 0.5) is 0 Å². The number of nitrogens with two attached hydrogens (primary N) is 1. The molecule has 7 heteroatoms. The van der Waals surface area contributed by atoms with Gasteiger partial charge in [0, 0.05) is 7.05 Å². The molecule has 0 bridgehead atoms. The van der Waals surface area contributed by atoms with E-state index in [9.17, 15) is 13.2 Å². The molecule has 1 aliphatic rings. The first-order valence-electron chi connectivity index (χ1n) is 4.81. The second-order valence-corrected chi connectivity index (χ2v) is 5.74. The van der Waals surface area contributed by atoms with Gasteiger partial charge in [-0.2, -0.15) is 4.31 Å². The van der Waals surface area contributed by atoms with Crippen molar-refractivity contribution < 1.29 is 17.9 Å². The maximum atomic E-state index is 12.0. The molecule has 1 unspecified atom stereocenters. The van der Waals surface area contributed by atoms with E-state index in [1.807, 2.05) is 0 Å². The first-order chi connectivity index (χ1) is 7.23. The Morgan fingerprint density at radius 1 is 1.56 bits per heavy atom. The fourth-order valence-corrected chi connectivity index (χ4v) is 3.50. The Hall–Kier alpha value is -1.08. The van der Waals surface area contributed by atoms with Crippen LogP contribution in [0.3, 0.4) is 0 Å². The summed E-state index contributed by atoms with van der Waals surface area (Å²) in [6.07, 6.45) is 0.481. The molecule has 0 aliphatic carbocycles. The van der Waals surface area contributed by atoms with Crippen molar-refractivity contribution in [2.45, 2.75) is 25.8 Å². The molecule has 92 valence electrons. The fourth-order valence-electron chi connectivity index (χ4n) is 1.68. The van der Waals surface area contributed by atoms with Gasteiger partial charge in [-0.05, 0) is 13.3 Å². The Morgan fingerprint density at radius 2 is 2.06 bits per heavy atom. The van der Waals surface area contributed by atoms with Crippen molar-refractivity contribution in [1.82, 2.24) is 4.31 Å². The van der Waals surface area contributed by atoms with E-state index in [-0.39, 0.29) is 5.70 Å². The standard InChI is InChI=1S/C9H16N2O4S/c1-5-9(2)7(10)6(8(12)15-4)16(13,14)11(9)3/h5,10H2,1-4H3. The van der Waals surface area contributed by atoms with Gasteiger partial charge in [-0.25, -0.2) is 13.2 Å². The van der Waals surface area contributed by atoms with Crippen LogP contribution in [0.15, 0.2) is 10.6 Å². The van der Waals surface area contributed by atoms with Crippen LogP contribution in [0.25, 0.3) is 0 Å². The van der Waals surface area contributed by atoms with Crippen LogP contribution < -0.4 is 5.73 Å². The van der Waals surface area contributed by atoms with Gasteiger partial charge in [0.15, 0.2) is 4.91 Å². The van der Waals surface area contributed by atoms with Gasteiger partial charge in [0.25, 0.3) is 10.0 Å². The summed E-state index contributed by atoms with van der Waals surface area (Å²) < 4.78 is 29.5. The maximum absolute atomic E-state index is 12.0. The van der Waals surface area contributed by atoms with Crippen molar-refractivity contribution in [3.8, 4) is 0 Å². The molecule has 1 atom stereocenters. The van der Waals surface area contributed by atoms with E-state index in [2.05, 4.69) is 4.74 Å². The van der Waals surface area contributed by atoms with Gasteiger partial charge in [-0.15, -0.1) is 0 Å². The third kappa shape index (κ3) is 1.42. The number of rotatable bonds is 2. The summed E-state index contributed by atoms with van der Waals surface area (Å²) in [7, 11) is -1.30. The Bertz CT molecular complexity index is 454. The van der Waals surface area contributed by atoms with E-state index in [1.54, 1.807) is 13.8 Å². The normalized spacial score (nSPS) is 29.5. The van der Waals surface area contributed by atoms with Crippen molar-refractivity contribution in [3.05, 3.63) is 10.6 Å². The summed E-state index contributed by atoms with van der Waals surface area (Å²) in [4.78, 5) is 11.0. The molecule has 0 amide bonds. The fraction of sp³-hybridized carbons (Fsp3) is 0.667. The molecular weight excluding hydrogens is 232 g/mol. The van der Waals surface area contributed by atoms with Crippen molar-refractivity contribution in [3.63, 3.8) is 0 Å². The zero-order valence-corrected chi connectivity index (χ0v) is 10.6. The number of carbonyl (C=O) groups excluding carboxylic acids is 1. The first kappa shape index (κ1) is 13.0. The number of esters is 1. The van der Waals surface area contributed by atoms with Crippen molar-refractivity contribution >= 4 is 16.0 Å². The number of likely N-dealkylation sites (N-methyl/N-ethyl adjacent to an activating group) is 1. The minimum absolute atomic E-state index is 0.0457. The van der Waals surface area contributed by atoms with E-state index >= 15 is 0 Å². The molecule has 0 spiro atoms. The van der Waals surface area contributed by atoms with E-state index < -0.39 is 26.4 Å². The topological polar surface area (TPSA) is 89.7 Å². The van der Waals surface area contributed by atoms with Gasteiger partial charge in [-0.3, -0.25) is 0 Å². The van der Waals surface area contributed by atoms with Crippen LogP contribution in [0.2, 0.25) is 0 Å². The van der Waals surface area contributed by atoms with E-state index in [0.29, 0.717) is 6.42 Å². The Kier molecular flexibility index (Phi) is 3.04. The summed E-state index contributed by atoms with van der Waals surface area (Å²) in [5.74, 6) is -0.915. The smallest absolute Gasteiger partial charge is 0.352 e. The molecule has 0 aromatic carbocycles. The van der Waals surface area contributed by atoms with E-state index in [4.69, 9.17) is 5.73 Å². The largest absolute Gasteiger partial charge is 0.465 e. The lowest BCUT2D eigenvalue weighted by Gasteiger charge is -2.30. The molecule has 1 rings (SSSR count). The number of carbonyl (C=O) groups is 1. The quantitative estimate of drug-likeness (QED) is 0.682. The highest BCUT2D eigenvalue weighted by molar-refractivity contribution is 7.94. The van der Waals surface area contributed by atoms with Crippen molar-refractivity contribution in [2.24, 2.45) is 5.73 Å². The van der Waals surface area contributed by atoms with E-state index in [1.165, 1.54) is 7.05 Å². The molecule has 0 saturated heterocycles. The highest BCUT2D eigenvalue weighted by Gasteiger charge is 2.51. The molecule has 2 N–H and O–H groups in total. The molecule has 1 heterocycles. The third-order valence-electron chi connectivity index (χ3n) is 3.20. The molecule has 0 saturated carbocycles. The lowest BCUT2D eigenvalue weighted by atomic mass is 9.95. The van der Waals surface area contributed by atoms with Crippen LogP contribution in [0.1, 0.15) is 20.3 Å². The number of ether oxygens (including phenoxy) is 1. The Morgan fingerprint density at radius 3 is 2.38 bits per heavy atom. The van der Waals surface area contributed by atoms with Gasteiger partial charge < -0.3 is 10.5 Å². The summed E-state index contributed by atoms with van der Waals surface area (Å²) in [5.41, 5.74) is 4.96. The Labute approximate surface area is 95.1 Å². The number of hydrogen-bond acceptors (Lipinski definition) is 5. The van der Waals surface area contributed by atoms with Crippen LogP contribution in [-0.4, -0.2) is 38.4 Å². The van der Waals surface area contributed by atoms with Crippen molar-refractivity contribution in [1.29, 1.82) is 0 Å². The molecule has 0 radical (unpaired) electrons. The minimum Gasteiger partial charge on any atom is -0.465 e. The van der Waals surface area contributed by atoms with Crippen LogP contribution >= 0.6 is 0 Å². The van der Waals surface area contributed by atoms with Crippen LogP contribution in [0, 0.1) is 0 Å². The second kappa shape index (κ2) is 3.74. The zero-order valence-electron chi connectivity index (χ0n) is 9.77. The van der Waals surface area contributed by atoms with Gasteiger partial charge in [0.2, 0.25) is 0 Å². The maximum Gasteiger partial charge on any atom is 0.352 e. The van der Waals surface area contributed by atoms with Crippen LogP contribution in [-0.2, 0) is 19.6 Å². The summed E-state index contributed by atoms with van der Waals surface area (Å²) in [5, 5.41) is 0. The number of hydrogen-bond donors (Lipinski definition) is 1. The molecule has 16 heavy (non-hydrogen) atoms. The van der Waals surface area contributed by atoms with Crippen molar-refractivity contribution in [2.75, 3.05) is 14.2 Å². The predicted molar refractivity (Wildman–Crippen MR) is 58.6 cm³/mol. The average molecular weight is 248 g/mol. The lowest BCUT2D eigenvalue weighted by molar-refractivity contribution is -0.135. The van der Waals surface area contributed by atoms with Crippen LogP contribution in [0.5, 0.6) is 0 Å².